The molecule has 2 aromatic rings. The fraction of sp³-hybridized carbons (Fsp3) is 0.391. The Bertz CT molecular complexity index is 813. The van der Waals surface area contributed by atoms with Gasteiger partial charge >= 0.3 is 6.03 Å². The molecule has 154 valence electrons. The molecule has 0 radical (unpaired) electrons. The third kappa shape index (κ3) is 5.65. The molecule has 0 spiro atoms. The molecule has 1 fully saturated rings. The molecule has 3 amide bonds. The van der Waals surface area contributed by atoms with Crippen molar-refractivity contribution in [3.63, 3.8) is 0 Å². The van der Waals surface area contributed by atoms with E-state index in [1.165, 1.54) is 11.1 Å². The van der Waals surface area contributed by atoms with Gasteiger partial charge in [-0.25, -0.2) is 4.79 Å². The number of urea groups is 1. The lowest BCUT2D eigenvalue weighted by atomic mass is 10.0. The topological polar surface area (TPSA) is 78.7 Å². The number of benzene rings is 2. The van der Waals surface area contributed by atoms with E-state index in [2.05, 4.69) is 53.2 Å². The van der Waals surface area contributed by atoms with Gasteiger partial charge in [-0.05, 0) is 22.6 Å². The standard InChI is InChI=1S/C23H30N4O2/c1-17(2)19-10-8-18(9-11-19)16-26-12-14-27(15-13-26)21(22(28)25-23(24)29)20-6-4-3-5-7-20/h3-11,17,21H,12-16H2,1-2H3,(H3,24,25,28,29). The van der Waals surface area contributed by atoms with Gasteiger partial charge < -0.3 is 5.73 Å². The molecule has 1 aliphatic rings. The van der Waals surface area contributed by atoms with Crippen molar-refractivity contribution in [3.05, 3.63) is 71.3 Å². The van der Waals surface area contributed by atoms with E-state index >= 15 is 0 Å². The van der Waals surface area contributed by atoms with Crippen LogP contribution in [0, 0.1) is 0 Å². The number of nitrogens with zero attached hydrogens (tertiary/aromatic N) is 2. The van der Waals surface area contributed by atoms with Crippen molar-refractivity contribution in [2.75, 3.05) is 26.2 Å². The quantitative estimate of drug-likeness (QED) is 0.790. The first kappa shape index (κ1) is 21.0. The van der Waals surface area contributed by atoms with Gasteiger partial charge in [-0.2, -0.15) is 0 Å². The summed E-state index contributed by atoms with van der Waals surface area (Å²) >= 11 is 0. The number of amides is 3. The lowest BCUT2D eigenvalue weighted by Crippen LogP contribution is -2.51. The minimum atomic E-state index is -0.820. The maximum absolute atomic E-state index is 12.6. The van der Waals surface area contributed by atoms with E-state index in [0.29, 0.717) is 5.92 Å². The molecular formula is C23H30N4O2. The lowest BCUT2D eigenvalue weighted by Gasteiger charge is -2.38. The van der Waals surface area contributed by atoms with Crippen molar-refractivity contribution in [3.8, 4) is 0 Å². The van der Waals surface area contributed by atoms with Gasteiger partial charge in [0.1, 0.15) is 6.04 Å². The molecular weight excluding hydrogens is 364 g/mol. The SMILES string of the molecule is CC(C)c1ccc(CN2CCN(C(C(=O)NC(N)=O)c3ccccc3)CC2)cc1. The second kappa shape index (κ2) is 9.67. The summed E-state index contributed by atoms with van der Waals surface area (Å²) in [5, 5.41) is 2.25. The summed E-state index contributed by atoms with van der Waals surface area (Å²) in [6, 6.07) is 17.0. The van der Waals surface area contributed by atoms with E-state index in [4.69, 9.17) is 5.73 Å². The van der Waals surface area contributed by atoms with Crippen molar-refractivity contribution < 1.29 is 9.59 Å². The highest BCUT2D eigenvalue weighted by molar-refractivity contribution is 5.96. The number of hydrogen-bond donors (Lipinski definition) is 2. The van der Waals surface area contributed by atoms with Gasteiger partial charge in [-0.1, -0.05) is 68.4 Å². The van der Waals surface area contributed by atoms with Crippen molar-refractivity contribution in [1.29, 1.82) is 0 Å². The van der Waals surface area contributed by atoms with Gasteiger partial charge in [-0.15, -0.1) is 0 Å². The van der Waals surface area contributed by atoms with Crippen molar-refractivity contribution in [2.24, 2.45) is 5.73 Å². The number of hydrogen-bond acceptors (Lipinski definition) is 4. The summed E-state index contributed by atoms with van der Waals surface area (Å²) < 4.78 is 0. The smallest absolute Gasteiger partial charge is 0.318 e. The molecule has 3 rings (SSSR count). The average molecular weight is 395 g/mol. The van der Waals surface area contributed by atoms with E-state index in [-0.39, 0.29) is 5.91 Å². The molecule has 0 aliphatic carbocycles. The highest BCUT2D eigenvalue weighted by Crippen LogP contribution is 2.23. The summed E-state index contributed by atoms with van der Waals surface area (Å²) in [4.78, 5) is 28.4. The first-order valence-electron chi connectivity index (χ1n) is 10.1. The van der Waals surface area contributed by atoms with Crippen LogP contribution < -0.4 is 11.1 Å². The van der Waals surface area contributed by atoms with Crippen LogP contribution in [0.5, 0.6) is 0 Å². The Balaban J connectivity index is 1.63. The number of primary amides is 1. The van der Waals surface area contributed by atoms with Crippen LogP contribution in [0.15, 0.2) is 54.6 Å². The molecule has 1 saturated heterocycles. The zero-order valence-electron chi connectivity index (χ0n) is 17.2. The minimum Gasteiger partial charge on any atom is -0.351 e. The maximum atomic E-state index is 12.6. The Hall–Kier alpha value is -2.70. The first-order chi connectivity index (χ1) is 13.9. The van der Waals surface area contributed by atoms with Crippen molar-refractivity contribution >= 4 is 11.9 Å². The molecule has 1 heterocycles. The van der Waals surface area contributed by atoms with Gasteiger partial charge in [0.05, 0.1) is 0 Å². The Morgan fingerprint density at radius 3 is 2.10 bits per heavy atom. The Labute approximate surface area is 172 Å². The van der Waals surface area contributed by atoms with Gasteiger partial charge in [0.15, 0.2) is 0 Å². The van der Waals surface area contributed by atoms with E-state index in [0.717, 1.165) is 38.3 Å². The molecule has 0 aromatic heterocycles. The molecule has 3 N–H and O–H groups in total. The number of imide groups is 1. The largest absolute Gasteiger partial charge is 0.351 e. The average Bonchev–Trinajstić information content (AvgIpc) is 2.70. The van der Waals surface area contributed by atoms with E-state index in [1.807, 2.05) is 30.3 Å². The first-order valence-corrected chi connectivity index (χ1v) is 10.1. The number of carbonyl (C=O) groups is 2. The summed E-state index contributed by atoms with van der Waals surface area (Å²) in [5.74, 6) is 0.162. The zero-order valence-corrected chi connectivity index (χ0v) is 17.2. The van der Waals surface area contributed by atoms with Gasteiger partial charge in [0.2, 0.25) is 5.91 Å². The predicted octanol–water partition coefficient (Wildman–Crippen LogP) is 2.86. The Morgan fingerprint density at radius 2 is 1.55 bits per heavy atom. The second-order valence-corrected chi connectivity index (χ2v) is 7.88. The number of nitrogens with two attached hydrogens (primary N) is 1. The third-order valence-electron chi connectivity index (χ3n) is 5.43. The molecule has 29 heavy (non-hydrogen) atoms. The molecule has 1 unspecified atom stereocenters. The molecule has 0 saturated carbocycles. The molecule has 0 bridgehead atoms. The predicted molar refractivity (Wildman–Crippen MR) is 114 cm³/mol. The third-order valence-corrected chi connectivity index (χ3v) is 5.43. The van der Waals surface area contributed by atoms with Crippen LogP contribution in [0.2, 0.25) is 0 Å². The number of nitrogens with one attached hydrogen (secondary N) is 1. The van der Waals surface area contributed by atoms with Crippen molar-refractivity contribution in [2.45, 2.75) is 32.4 Å². The van der Waals surface area contributed by atoms with Gasteiger partial charge in [0, 0.05) is 32.7 Å². The van der Waals surface area contributed by atoms with Crippen LogP contribution in [0.4, 0.5) is 4.79 Å². The van der Waals surface area contributed by atoms with Crippen LogP contribution in [-0.2, 0) is 11.3 Å². The van der Waals surface area contributed by atoms with E-state index < -0.39 is 12.1 Å². The minimum absolute atomic E-state index is 0.374. The van der Waals surface area contributed by atoms with Crippen LogP contribution in [0.3, 0.4) is 0 Å². The number of carbonyl (C=O) groups excluding carboxylic acids is 2. The van der Waals surface area contributed by atoms with E-state index in [1.54, 1.807) is 0 Å². The van der Waals surface area contributed by atoms with E-state index in [9.17, 15) is 9.59 Å². The molecule has 6 nitrogen and oxygen atoms in total. The van der Waals surface area contributed by atoms with Crippen LogP contribution in [0.25, 0.3) is 0 Å². The summed E-state index contributed by atoms with van der Waals surface area (Å²) in [7, 11) is 0. The Kier molecular flexibility index (Phi) is 7.01. The van der Waals surface area contributed by atoms with Crippen molar-refractivity contribution in [1.82, 2.24) is 15.1 Å². The fourth-order valence-electron chi connectivity index (χ4n) is 3.80. The molecule has 6 heteroatoms. The zero-order chi connectivity index (χ0) is 20.8. The second-order valence-electron chi connectivity index (χ2n) is 7.88. The van der Waals surface area contributed by atoms with Crippen LogP contribution in [-0.4, -0.2) is 47.9 Å². The van der Waals surface area contributed by atoms with Crippen LogP contribution in [0.1, 0.15) is 42.5 Å². The molecule has 2 aromatic carbocycles. The lowest BCUT2D eigenvalue weighted by molar-refractivity contribution is -0.126. The van der Waals surface area contributed by atoms with Gasteiger partial charge in [-0.3, -0.25) is 19.9 Å². The summed E-state index contributed by atoms with van der Waals surface area (Å²) in [5.41, 5.74) is 8.69. The van der Waals surface area contributed by atoms with Gasteiger partial charge in [0.25, 0.3) is 0 Å². The molecule has 1 atom stereocenters. The highest BCUT2D eigenvalue weighted by Gasteiger charge is 2.31. The maximum Gasteiger partial charge on any atom is 0.318 e. The molecule has 1 aliphatic heterocycles. The number of rotatable bonds is 6. The normalized spacial score (nSPS) is 16.5. The fourth-order valence-corrected chi connectivity index (χ4v) is 3.80. The number of piperazine rings is 1. The monoisotopic (exact) mass is 394 g/mol. The summed E-state index contributed by atoms with van der Waals surface area (Å²) in [6.07, 6.45) is 0. The highest BCUT2D eigenvalue weighted by atomic mass is 16.2. The summed E-state index contributed by atoms with van der Waals surface area (Å²) in [6.45, 7) is 8.51. The Morgan fingerprint density at radius 1 is 0.931 bits per heavy atom. The van der Waals surface area contributed by atoms with Crippen LogP contribution >= 0.6 is 0 Å².